The first kappa shape index (κ1) is 12.9. The van der Waals surface area contributed by atoms with Gasteiger partial charge >= 0.3 is 0 Å². The molecule has 1 N–H and O–H groups in total. The zero-order chi connectivity index (χ0) is 9.78. The van der Waals surface area contributed by atoms with Crippen LogP contribution in [0.25, 0.3) is 0 Å². The van der Waals surface area contributed by atoms with Gasteiger partial charge in [-0.1, -0.05) is 6.92 Å². The average molecular weight is 189 g/mol. The molecule has 0 aliphatic carbocycles. The molecule has 3 nitrogen and oxygen atoms in total. The average Bonchev–Trinajstić information content (AvgIpc) is 2.16. The Morgan fingerprint density at radius 3 is 2.46 bits per heavy atom. The van der Waals surface area contributed by atoms with E-state index in [1.54, 1.807) is 7.11 Å². The van der Waals surface area contributed by atoms with E-state index in [1.807, 2.05) is 0 Å². The smallest absolute Gasteiger partial charge is 0.0590 e. The van der Waals surface area contributed by atoms with Gasteiger partial charge in [-0.25, -0.2) is 0 Å². The molecule has 0 heterocycles. The van der Waals surface area contributed by atoms with Crippen molar-refractivity contribution in [1.82, 2.24) is 5.32 Å². The number of hydrogen-bond donors (Lipinski definition) is 1. The van der Waals surface area contributed by atoms with Crippen LogP contribution in [-0.2, 0) is 9.47 Å². The minimum atomic E-state index is 0.826. The maximum atomic E-state index is 5.41. The highest BCUT2D eigenvalue weighted by molar-refractivity contribution is 4.44. The molecule has 0 radical (unpaired) electrons. The Morgan fingerprint density at radius 1 is 1.00 bits per heavy atom. The summed E-state index contributed by atoms with van der Waals surface area (Å²) in [5.74, 6) is 0. The van der Waals surface area contributed by atoms with Gasteiger partial charge in [0.15, 0.2) is 0 Å². The maximum absolute atomic E-state index is 5.41. The summed E-state index contributed by atoms with van der Waals surface area (Å²) < 4.78 is 10.3. The Hall–Kier alpha value is -0.120. The molecule has 0 rings (SSSR count). The molecule has 13 heavy (non-hydrogen) atoms. The Kier molecular flexibility index (Phi) is 11.8. The van der Waals surface area contributed by atoms with Gasteiger partial charge in [-0.3, -0.25) is 0 Å². The summed E-state index contributed by atoms with van der Waals surface area (Å²) in [6.07, 6.45) is 3.38. The lowest BCUT2D eigenvalue weighted by atomic mass is 10.3. The highest BCUT2D eigenvalue weighted by Crippen LogP contribution is 1.89. The summed E-state index contributed by atoms with van der Waals surface area (Å²) in [4.78, 5) is 0. The van der Waals surface area contributed by atoms with Crippen LogP contribution in [0.3, 0.4) is 0 Å². The molecule has 0 amide bonds. The van der Waals surface area contributed by atoms with E-state index in [0.29, 0.717) is 0 Å². The molecule has 80 valence electrons. The lowest BCUT2D eigenvalue weighted by Crippen LogP contribution is -2.20. The second-order valence-corrected chi connectivity index (χ2v) is 3.06. The van der Waals surface area contributed by atoms with Crippen molar-refractivity contribution in [3.05, 3.63) is 0 Å². The van der Waals surface area contributed by atoms with Crippen molar-refractivity contribution in [3.63, 3.8) is 0 Å². The first-order chi connectivity index (χ1) is 6.41. The quantitative estimate of drug-likeness (QED) is 0.527. The predicted molar refractivity (Wildman–Crippen MR) is 55.1 cm³/mol. The third-order valence-electron chi connectivity index (χ3n) is 1.74. The Labute approximate surface area is 81.8 Å². The zero-order valence-corrected chi connectivity index (χ0v) is 8.97. The number of rotatable bonds is 10. The van der Waals surface area contributed by atoms with E-state index in [4.69, 9.17) is 9.47 Å². The van der Waals surface area contributed by atoms with E-state index < -0.39 is 0 Å². The molecule has 0 aromatic rings. The molecule has 0 atom stereocenters. The van der Waals surface area contributed by atoms with Gasteiger partial charge in [0.2, 0.25) is 0 Å². The second kappa shape index (κ2) is 11.9. The fraction of sp³-hybridized carbons (Fsp3) is 1.00. The van der Waals surface area contributed by atoms with E-state index in [-0.39, 0.29) is 0 Å². The Bertz CT molecular complexity index is 79.0. The van der Waals surface area contributed by atoms with Crippen molar-refractivity contribution in [2.45, 2.75) is 26.2 Å². The summed E-state index contributed by atoms with van der Waals surface area (Å²) in [6.45, 7) is 6.76. The van der Waals surface area contributed by atoms with E-state index in [2.05, 4.69) is 12.2 Å². The third kappa shape index (κ3) is 11.9. The fourth-order valence-corrected chi connectivity index (χ4v) is 0.999. The van der Waals surface area contributed by atoms with Crippen molar-refractivity contribution >= 4 is 0 Å². The molecule has 3 heteroatoms. The lowest BCUT2D eigenvalue weighted by molar-refractivity contribution is 0.120. The molecule has 0 aromatic heterocycles. The Balaban J connectivity index is 2.76. The largest absolute Gasteiger partial charge is 0.385 e. The molecular formula is C10H23NO2. The molecule has 0 aliphatic rings. The monoisotopic (exact) mass is 189 g/mol. The number of ether oxygens (including phenoxy) is 2. The molecule has 0 saturated heterocycles. The van der Waals surface area contributed by atoms with Crippen LogP contribution >= 0.6 is 0 Å². The molecular weight excluding hydrogens is 166 g/mol. The molecule has 0 bridgehead atoms. The van der Waals surface area contributed by atoms with Gasteiger partial charge in [0.05, 0.1) is 6.61 Å². The molecule has 0 fully saturated rings. The topological polar surface area (TPSA) is 30.5 Å². The second-order valence-electron chi connectivity index (χ2n) is 3.06. The summed E-state index contributed by atoms with van der Waals surface area (Å²) in [6, 6.07) is 0. The molecule has 0 aromatic carbocycles. The maximum Gasteiger partial charge on any atom is 0.0590 e. The van der Waals surface area contributed by atoms with E-state index in [0.717, 1.165) is 45.8 Å². The first-order valence-electron chi connectivity index (χ1n) is 5.19. The van der Waals surface area contributed by atoms with Crippen LogP contribution in [0.1, 0.15) is 26.2 Å². The van der Waals surface area contributed by atoms with Crippen molar-refractivity contribution in [3.8, 4) is 0 Å². The number of unbranched alkanes of at least 4 members (excludes halogenated alkanes) is 1. The fourth-order valence-electron chi connectivity index (χ4n) is 0.999. The SMILES string of the molecule is CCCNCCOCCCCOC. The minimum absolute atomic E-state index is 0.826. The summed E-state index contributed by atoms with van der Waals surface area (Å²) >= 11 is 0. The van der Waals surface area contributed by atoms with Crippen LogP contribution in [0.5, 0.6) is 0 Å². The van der Waals surface area contributed by atoms with Gasteiger partial charge in [0.25, 0.3) is 0 Å². The highest BCUT2D eigenvalue weighted by Gasteiger charge is 1.89. The molecule has 0 spiro atoms. The van der Waals surface area contributed by atoms with Crippen molar-refractivity contribution < 1.29 is 9.47 Å². The normalized spacial score (nSPS) is 10.6. The van der Waals surface area contributed by atoms with Gasteiger partial charge in [0.1, 0.15) is 0 Å². The third-order valence-corrected chi connectivity index (χ3v) is 1.74. The predicted octanol–water partition coefficient (Wildman–Crippen LogP) is 1.43. The first-order valence-corrected chi connectivity index (χ1v) is 5.19. The van der Waals surface area contributed by atoms with Crippen LogP contribution in [0, 0.1) is 0 Å². The molecule has 0 saturated carbocycles. The lowest BCUT2D eigenvalue weighted by Gasteiger charge is -2.04. The van der Waals surface area contributed by atoms with Crippen LogP contribution in [0.15, 0.2) is 0 Å². The minimum Gasteiger partial charge on any atom is -0.385 e. The van der Waals surface area contributed by atoms with Crippen LogP contribution < -0.4 is 5.32 Å². The van der Waals surface area contributed by atoms with Crippen LogP contribution in [0.2, 0.25) is 0 Å². The number of nitrogens with one attached hydrogen (secondary N) is 1. The standard InChI is InChI=1S/C10H23NO2/c1-3-6-11-7-10-13-9-5-4-8-12-2/h11H,3-10H2,1-2H3. The van der Waals surface area contributed by atoms with E-state index >= 15 is 0 Å². The van der Waals surface area contributed by atoms with E-state index in [9.17, 15) is 0 Å². The van der Waals surface area contributed by atoms with Gasteiger partial charge in [-0.05, 0) is 25.8 Å². The Morgan fingerprint density at radius 2 is 1.77 bits per heavy atom. The van der Waals surface area contributed by atoms with Crippen LogP contribution in [0.4, 0.5) is 0 Å². The molecule has 0 unspecified atom stereocenters. The van der Waals surface area contributed by atoms with Crippen molar-refractivity contribution in [2.75, 3.05) is 40.0 Å². The van der Waals surface area contributed by atoms with E-state index in [1.165, 1.54) is 6.42 Å². The molecule has 0 aliphatic heterocycles. The zero-order valence-electron chi connectivity index (χ0n) is 8.97. The highest BCUT2D eigenvalue weighted by atomic mass is 16.5. The summed E-state index contributed by atoms with van der Waals surface area (Å²) in [7, 11) is 1.73. The van der Waals surface area contributed by atoms with Gasteiger partial charge in [-0.2, -0.15) is 0 Å². The van der Waals surface area contributed by atoms with Crippen molar-refractivity contribution in [1.29, 1.82) is 0 Å². The van der Waals surface area contributed by atoms with Gasteiger partial charge < -0.3 is 14.8 Å². The van der Waals surface area contributed by atoms with Gasteiger partial charge in [-0.15, -0.1) is 0 Å². The number of hydrogen-bond acceptors (Lipinski definition) is 3. The van der Waals surface area contributed by atoms with Crippen molar-refractivity contribution in [2.24, 2.45) is 0 Å². The summed E-state index contributed by atoms with van der Waals surface area (Å²) in [5.41, 5.74) is 0. The van der Waals surface area contributed by atoms with Gasteiger partial charge in [0, 0.05) is 26.9 Å². The number of methoxy groups -OCH3 is 1. The summed E-state index contributed by atoms with van der Waals surface area (Å²) in [5, 5.41) is 3.29. The van der Waals surface area contributed by atoms with Crippen LogP contribution in [-0.4, -0.2) is 40.0 Å².